The highest BCUT2D eigenvalue weighted by Gasteiger charge is 2.19. The van der Waals surface area contributed by atoms with E-state index in [1.165, 1.54) is 0 Å². The molecule has 0 amide bonds. The minimum Gasteiger partial charge on any atom is -0.807 e. The average molecular weight is 342 g/mol. The quantitative estimate of drug-likeness (QED) is 0.717. The lowest BCUT2D eigenvalue weighted by atomic mass is 10.1. The molecule has 0 spiro atoms. The van der Waals surface area contributed by atoms with Gasteiger partial charge in [-0.15, -0.1) is 0 Å². The van der Waals surface area contributed by atoms with Gasteiger partial charge in [-0.3, -0.25) is 9.89 Å². The summed E-state index contributed by atoms with van der Waals surface area (Å²) in [5.74, 6) is 0. The van der Waals surface area contributed by atoms with E-state index >= 15 is 0 Å². The first-order chi connectivity index (χ1) is 11.3. The first kappa shape index (κ1) is 16.5. The number of rotatable bonds is 3. The molecule has 0 saturated heterocycles. The van der Waals surface area contributed by atoms with Gasteiger partial charge in [0, 0.05) is 5.56 Å². The van der Waals surface area contributed by atoms with Gasteiger partial charge in [0.25, 0.3) is 5.56 Å². The van der Waals surface area contributed by atoms with Crippen molar-refractivity contribution in [2.24, 2.45) is 0 Å². The molecular weight excluding hydrogens is 327 g/mol. The van der Waals surface area contributed by atoms with Crippen molar-refractivity contribution in [2.45, 2.75) is 13.8 Å². The van der Waals surface area contributed by atoms with Crippen molar-refractivity contribution < 1.29 is 14.4 Å². The molecule has 6 nitrogen and oxygen atoms in total. The van der Waals surface area contributed by atoms with Crippen molar-refractivity contribution >= 4 is 12.9 Å². The van der Waals surface area contributed by atoms with Crippen LogP contribution in [-0.4, -0.2) is 9.78 Å². The lowest BCUT2D eigenvalue weighted by molar-refractivity contribution is -0.307. The summed E-state index contributed by atoms with van der Waals surface area (Å²) in [5.41, 5.74) is 1.91. The molecule has 0 aliphatic rings. The van der Waals surface area contributed by atoms with E-state index in [-0.39, 0.29) is 5.69 Å². The number of aromatic nitrogens is 2. The van der Waals surface area contributed by atoms with E-state index in [0.717, 1.165) is 15.8 Å². The largest absolute Gasteiger partial charge is 0.807 e. The number of H-pyrrole nitrogens is 1. The Kier molecular flexibility index (Phi) is 4.05. The summed E-state index contributed by atoms with van der Waals surface area (Å²) in [4.78, 5) is 35.9. The summed E-state index contributed by atoms with van der Waals surface area (Å²) in [7, 11) is -5.25. The van der Waals surface area contributed by atoms with Crippen molar-refractivity contribution in [1.82, 2.24) is 9.78 Å². The number of aryl methyl sites for hydroxylation is 2. The van der Waals surface area contributed by atoms with E-state index in [1.54, 1.807) is 42.5 Å². The molecule has 1 aromatic heterocycles. The van der Waals surface area contributed by atoms with E-state index in [4.69, 9.17) is 0 Å². The number of benzene rings is 2. The molecule has 7 heteroatoms. The highest BCUT2D eigenvalue weighted by atomic mass is 31.2. The normalized spacial score (nSPS) is 11.7. The van der Waals surface area contributed by atoms with Crippen LogP contribution in [0.3, 0.4) is 0 Å². The van der Waals surface area contributed by atoms with Gasteiger partial charge in [0.05, 0.1) is 16.7 Å². The minimum absolute atomic E-state index is 0.00749. The molecule has 0 atom stereocenters. The molecule has 24 heavy (non-hydrogen) atoms. The number of hydrogen-bond donors (Lipinski definition) is 1. The van der Waals surface area contributed by atoms with Gasteiger partial charge in [0.15, 0.2) is 0 Å². The summed E-state index contributed by atoms with van der Waals surface area (Å²) >= 11 is 0. The summed E-state index contributed by atoms with van der Waals surface area (Å²) < 4.78 is 12.8. The Morgan fingerprint density at radius 1 is 1.00 bits per heavy atom. The van der Waals surface area contributed by atoms with Crippen LogP contribution in [0.15, 0.2) is 53.3 Å². The molecule has 0 fully saturated rings. The van der Waals surface area contributed by atoms with Crippen LogP contribution in [0.4, 0.5) is 0 Å². The Morgan fingerprint density at radius 2 is 1.58 bits per heavy atom. The highest BCUT2D eigenvalue weighted by molar-refractivity contribution is 7.57. The van der Waals surface area contributed by atoms with Gasteiger partial charge in [-0.2, -0.15) is 0 Å². The lowest BCUT2D eigenvalue weighted by Gasteiger charge is -2.28. The third-order valence-electron chi connectivity index (χ3n) is 3.67. The maximum atomic E-state index is 12.6. The SMILES string of the molecule is Cc1cc(C)cc(-n2[nH]c(-c3ccccc3)c(P(=O)([O-])[O-])c2=O)c1. The Balaban J connectivity index is 2.33. The van der Waals surface area contributed by atoms with Crippen LogP contribution in [0.1, 0.15) is 11.1 Å². The van der Waals surface area contributed by atoms with Gasteiger partial charge in [-0.05, 0) is 44.7 Å². The van der Waals surface area contributed by atoms with Crippen molar-refractivity contribution in [3.63, 3.8) is 0 Å². The minimum atomic E-state index is -5.25. The van der Waals surface area contributed by atoms with E-state index in [2.05, 4.69) is 5.10 Å². The molecule has 3 aromatic rings. The molecule has 2 aromatic carbocycles. The third kappa shape index (κ3) is 2.99. The fraction of sp³-hybridized carbons (Fsp3) is 0.118. The van der Waals surface area contributed by atoms with Crippen molar-refractivity contribution in [1.29, 1.82) is 0 Å². The molecule has 0 bridgehead atoms. The zero-order chi connectivity index (χ0) is 17.5. The molecule has 3 rings (SSSR count). The van der Waals surface area contributed by atoms with Gasteiger partial charge < -0.3 is 14.4 Å². The molecular formula is C17H15N2O4P-2. The Labute approximate surface area is 138 Å². The second kappa shape index (κ2) is 5.91. The third-order valence-corrected chi connectivity index (χ3v) is 4.63. The van der Waals surface area contributed by atoms with E-state index in [1.807, 2.05) is 19.9 Å². The van der Waals surface area contributed by atoms with Crippen LogP contribution < -0.4 is 20.7 Å². The number of aromatic amines is 1. The lowest BCUT2D eigenvalue weighted by Crippen LogP contribution is -2.36. The second-order valence-corrected chi connectivity index (χ2v) is 7.13. The molecule has 0 aliphatic carbocycles. The van der Waals surface area contributed by atoms with Crippen LogP contribution in [-0.2, 0) is 4.57 Å². The van der Waals surface area contributed by atoms with Crippen LogP contribution in [0, 0.1) is 13.8 Å². The zero-order valence-electron chi connectivity index (χ0n) is 13.1. The Bertz CT molecular complexity index is 979. The molecule has 0 radical (unpaired) electrons. The summed E-state index contributed by atoms with van der Waals surface area (Å²) in [5, 5.41) is 2.03. The van der Waals surface area contributed by atoms with Gasteiger partial charge in [-0.25, -0.2) is 4.68 Å². The van der Waals surface area contributed by atoms with Gasteiger partial charge >= 0.3 is 0 Å². The number of nitrogens with zero attached hydrogens (tertiary/aromatic N) is 1. The standard InChI is InChI=1S/C17H17N2O4P/c1-11-8-12(2)10-14(9-11)19-17(20)16(24(21,22)23)15(18-19)13-6-4-3-5-7-13/h3-10,18H,1-2H3,(H2,21,22,23)/p-2. The topological polar surface area (TPSA) is 101 Å². The number of nitrogens with one attached hydrogen (secondary N) is 1. The molecule has 1 N–H and O–H groups in total. The fourth-order valence-corrected chi connectivity index (χ4v) is 3.54. The zero-order valence-corrected chi connectivity index (χ0v) is 14.0. The van der Waals surface area contributed by atoms with E-state index in [9.17, 15) is 19.1 Å². The van der Waals surface area contributed by atoms with Gasteiger partial charge in [0.1, 0.15) is 0 Å². The maximum Gasteiger partial charge on any atom is 0.280 e. The molecule has 124 valence electrons. The van der Waals surface area contributed by atoms with Crippen LogP contribution in [0.2, 0.25) is 0 Å². The van der Waals surface area contributed by atoms with Crippen LogP contribution >= 0.6 is 7.60 Å². The van der Waals surface area contributed by atoms with Crippen molar-refractivity contribution in [3.05, 3.63) is 70.0 Å². The van der Waals surface area contributed by atoms with E-state index in [0.29, 0.717) is 11.3 Å². The first-order valence-electron chi connectivity index (χ1n) is 7.29. The maximum absolute atomic E-state index is 12.6. The Hall–Kier alpha value is -2.40. The average Bonchev–Trinajstić information content (AvgIpc) is 2.85. The first-order valence-corrected chi connectivity index (χ1v) is 8.83. The predicted octanol–water partition coefficient (Wildman–Crippen LogP) is 0.988. The fourth-order valence-electron chi connectivity index (χ4n) is 2.75. The van der Waals surface area contributed by atoms with Crippen LogP contribution in [0.5, 0.6) is 0 Å². The monoisotopic (exact) mass is 342 g/mol. The smallest absolute Gasteiger partial charge is 0.280 e. The molecule has 1 heterocycles. The molecule has 0 unspecified atom stereocenters. The molecule has 0 aliphatic heterocycles. The highest BCUT2D eigenvalue weighted by Crippen LogP contribution is 2.28. The van der Waals surface area contributed by atoms with Crippen LogP contribution in [0.25, 0.3) is 16.9 Å². The summed E-state index contributed by atoms with van der Waals surface area (Å²) in [6, 6.07) is 13.8. The summed E-state index contributed by atoms with van der Waals surface area (Å²) in [6.45, 7) is 3.74. The van der Waals surface area contributed by atoms with Gasteiger partial charge in [0.2, 0.25) is 0 Å². The van der Waals surface area contributed by atoms with E-state index < -0.39 is 18.5 Å². The predicted molar refractivity (Wildman–Crippen MR) is 88.5 cm³/mol. The van der Waals surface area contributed by atoms with Crippen molar-refractivity contribution in [3.8, 4) is 16.9 Å². The number of hydrogen-bond acceptors (Lipinski definition) is 4. The van der Waals surface area contributed by atoms with Crippen molar-refractivity contribution in [2.75, 3.05) is 0 Å². The van der Waals surface area contributed by atoms with Gasteiger partial charge in [-0.1, -0.05) is 36.4 Å². The Morgan fingerprint density at radius 3 is 2.12 bits per heavy atom. The second-order valence-electron chi connectivity index (χ2n) is 5.69. The summed E-state index contributed by atoms with van der Waals surface area (Å²) in [6.07, 6.45) is 0. The molecule has 0 saturated carbocycles.